The van der Waals surface area contributed by atoms with Gasteiger partial charge in [-0.3, -0.25) is 14.5 Å². The van der Waals surface area contributed by atoms with Crippen LogP contribution in [0.15, 0.2) is 71.7 Å². The Morgan fingerprint density at radius 1 is 1.11 bits per heavy atom. The zero-order chi connectivity index (χ0) is 24.4. The number of carbonyl (C=O) groups is 2. The molecule has 0 aliphatic carbocycles. The van der Waals surface area contributed by atoms with E-state index >= 15 is 0 Å². The number of hydrogen-bond acceptors (Lipinski definition) is 6. The highest BCUT2D eigenvalue weighted by molar-refractivity contribution is 8.15. The number of fused-ring (bicyclic) bond motifs is 1. The molecule has 35 heavy (non-hydrogen) atoms. The second-order valence-corrected chi connectivity index (χ2v) is 9.40. The van der Waals surface area contributed by atoms with Crippen LogP contribution in [0.3, 0.4) is 0 Å². The van der Waals surface area contributed by atoms with Gasteiger partial charge in [0.2, 0.25) is 18.6 Å². The van der Waals surface area contributed by atoms with Gasteiger partial charge in [-0.2, -0.15) is 0 Å². The van der Waals surface area contributed by atoms with Crippen LogP contribution in [0.2, 0.25) is 5.02 Å². The molecule has 1 fully saturated rings. The summed E-state index contributed by atoms with van der Waals surface area (Å²) in [6.07, 6.45) is -0.0607. The topological polar surface area (TPSA) is 80.2 Å². The summed E-state index contributed by atoms with van der Waals surface area (Å²) >= 11 is 7.33. The van der Waals surface area contributed by atoms with Crippen LogP contribution in [-0.4, -0.2) is 33.9 Å². The zero-order valence-electron chi connectivity index (χ0n) is 18.2. The fourth-order valence-electron chi connectivity index (χ4n) is 3.65. The van der Waals surface area contributed by atoms with Gasteiger partial charge in [-0.25, -0.2) is 9.38 Å². The van der Waals surface area contributed by atoms with E-state index in [1.54, 1.807) is 30.3 Å². The minimum atomic E-state index is -0.675. The Morgan fingerprint density at radius 2 is 1.89 bits per heavy atom. The number of aliphatic imine (C=N–C) groups is 1. The lowest BCUT2D eigenvalue weighted by Crippen LogP contribution is -2.33. The molecule has 2 aliphatic heterocycles. The van der Waals surface area contributed by atoms with E-state index in [0.29, 0.717) is 33.1 Å². The highest BCUT2D eigenvalue weighted by Gasteiger charge is 2.39. The van der Waals surface area contributed by atoms with Crippen LogP contribution in [0, 0.1) is 5.82 Å². The van der Waals surface area contributed by atoms with Crippen molar-refractivity contribution in [3.63, 3.8) is 0 Å². The summed E-state index contributed by atoms with van der Waals surface area (Å²) in [5.74, 6) is 0.285. The molecule has 1 unspecified atom stereocenters. The Morgan fingerprint density at radius 3 is 2.69 bits per heavy atom. The van der Waals surface area contributed by atoms with Gasteiger partial charge in [-0.1, -0.05) is 41.6 Å². The Bertz CT molecular complexity index is 1320. The lowest BCUT2D eigenvalue weighted by atomic mass is 10.1. The summed E-state index contributed by atoms with van der Waals surface area (Å²) in [6, 6.07) is 18.0. The number of amidine groups is 1. The number of nitrogens with zero attached hydrogens (tertiary/aromatic N) is 2. The Kier molecular flexibility index (Phi) is 6.61. The molecule has 178 valence electrons. The number of anilines is 1. The lowest BCUT2D eigenvalue weighted by Gasteiger charge is -2.17. The monoisotopic (exact) mass is 511 g/mol. The molecule has 1 atom stereocenters. The quantitative estimate of drug-likeness (QED) is 0.481. The molecule has 5 rings (SSSR count). The summed E-state index contributed by atoms with van der Waals surface area (Å²) in [4.78, 5) is 32.1. The van der Waals surface area contributed by atoms with E-state index in [2.05, 4.69) is 10.3 Å². The van der Waals surface area contributed by atoms with E-state index in [1.807, 2.05) is 12.1 Å². The van der Waals surface area contributed by atoms with Gasteiger partial charge in [0, 0.05) is 6.42 Å². The maximum atomic E-state index is 13.4. The molecule has 2 aliphatic rings. The molecule has 7 nitrogen and oxygen atoms in total. The number of halogens is 2. The Balaban J connectivity index is 1.37. The molecule has 0 spiro atoms. The average molecular weight is 512 g/mol. The van der Waals surface area contributed by atoms with E-state index in [9.17, 15) is 14.0 Å². The third kappa shape index (κ3) is 5.26. The molecule has 0 bridgehead atoms. The fraction of sp³-hybridized carbons (Fsp3) is 0.160. The van der Waals surface area contributed by atoms with E-state index in [0.717, 1.165) is 5.56 Å². The van der Waals surface area contributed by atoms with Crippen molar-refractivity contribution in [3.8, 4) is 11.5 Å². The molecule has 2 amide bonds. The average Bonchev–Trinajstić information content (AvgIpc) is 3.42. The number of amides is 2. The first-order valence-electron chi connectivity index (χ1n) is 10.7. The van der Waals surface area contributed by atoms with Crippen molar-refractivity contribution >= 4 is 51.7 Å². The molecule has 0 saturated carbocycles. The van der Waals surface area contributed by atoms with Gasteiger partial charge in [-0.05, 0) is 54.1 Å². The smallest absolute Gasteiger partial charge is 0.242 e. The molecular formula is C25H19ClFN3O4S. The van der Waals surface area contributed by atoms with Crippen molar-refractivity contribution in [3.05, 3.63) is 83.1 Å². The number of para-hydroxylation sites is 1. The van der Waals surface area contributed by atoms with Crippen LogP contribution < -0.4 is 14.8 Å². The van der Waals surface area contributed by atoms with E-state index < -0.39 is 5.25 Å². The first kappa shape index (κ1) is 23.2. The number of carbonyl (C=O) groups excluding carboxylic acids is 2. The molecule has 3 aromatic carbocycles. The number of ether oxygens (including phenoxy) is 2. The van der Waals surface area contributed by atoms with Crippen molar-refractivity contribution in [2.75, 3.05) is 12.1 Å². The van der Waals surface area contributed by atoms with E-state index in [4.69, 9.17) is 21.1 Å². The van der Waals surface area contributed by atoms with Crippen LogP contribution in [0.1, 0.15) is 12.0 Å². The van der Waals surface area contributed by atoms with Crippen molar-refractivity contribution in [2.45, 2.75) is 18.2 Å². The molecule has 10 heteroatoms. The van der Waals surface area contributed by atoms with Crippen molar-refractivity contribution in [2.24, 2.45) is 4.99 Å². The standard InChI is InChI=1S/C25H19ClFN3O4S/c26-18-3-1-2-4-19(18)29-23(31)12-22-24(32)30(13-15-5-10-20-21(11-15)34-14-33-20)25(35-22)28-17-8-6-16(27)7-9-17/h1-11,22H,12-14H2,(H,29,31). The van der Waals surface area contributed by atoms with Crippen LogP contribution in [0.25, 0.3) is 0 Å². The minimum Gasteiger partial charge on any atom is -0.454 e. The third-order valence-corrected chi connectivity index (χ3v) is 6.87. The van der Waals surface area contributed by atoms with Crippen LogP contribution in [0.5, 0.6) is 11.5 Å². The van der Waals surface area contributed by atoms with Gasteiger partial charge >= 0.3 is 0 Å². The normalized spacial score (nSPS) is 17.8. The van der Waals surface area contributed by atoms with Crippen molar-refractivity contribution in [1.29, 1.82) is 0 Å². The summed E-state index contributed by atoms with van der Waals surface area (Å²) in [5.41, 5.74) is 1.79. The summed E-state index contributed by atoms with van der Waals surface area (Å²) < 4.78 is 24.2. The molecule has 1 saturated heterocycles. The molecular weight excluding hydrogens is 493 g/mol. The first-order chi connectivity index (χ1) is 17.0. The van der Waals surface area contributed by atoms with Crippen LogP contribution in [0.4, 0.5) is 15.8 Å². The van der Waals surface area contributed by atoms with Crippen molar-refractivity contribution in [1.82, 2.24) is 4.90 Å². The second kappa shape index (κ2) is 9.97. The van der Waals surface area contributed by atoms with Gasteiger partial charge in [0.05, 0.1) is 22.9 Å². The highest BCUT2D eigenvalue weighted by atomic mass is 35.5. The van der Waals surface area contributed by atoms with Crippen LogP contribution in [-0.2, 0) is 16.1 Å². The predicted octanol–water partition coefficient (Wildman–Crippen LogP) is 5.37. The number of rotatable bonds is 6. The lowest BCUT2D eigenvalue weighted by molar-refractivity contribution is -0.128. The van der Waals surface area contributed by atoms with Crippen molar-refractivity contribution < 1.29 is 23.5 Å². The maximum Gasteiger partial charge on any atom is 0.242 e. The molecule has 3 aromatic rings. The molecule has 0 aromatic heterocycles. The SMILES string of the molecule is O=C(CC1SC(=Nc2ccc(F)cc2)N(Cc2ccc3c(c2)OCO3)C1=O)Nc1ccccc1Cl. The summed E-state index contributed by atoms with van der Waals surface area (Å²) in [5, 5.41) is 2.92. The molecule has 0 radical (unpaired) electrons. The van der Waals surface area contributed by atoms with Gasteiger partial charge in [-0.15, -0.1) is 0 Å². The number of nitrogens with one attached hydrogen (secondary N) is 1. The highest BCUT2D eigenvalue weighted by Crippen LogP contribution is 2.36. The van der Waals surface area contributed by atoms with E-state index in [-0.39, 0.29) is 37.4 Å². The zero-order valence-corrected chi connectivity index (χ0v) is 19.8. The summed E-state index contributed by atoms with van der Waals surface area (Å²) in [7, 11) is 0. The number of benzene rings is 3. The molecule has 1 N–H and O–H groups in total. The largest absolute Gasteiger partial charge is 0.454 e. The van der Waals surface area contributed by atoms with Crippen LogP contribution >= 0.6 is 23.4 Å². The second-order valence-electron chi connectivity index (χ2n) is 7.82. The van der Waals surface area contributed by atoms with Gasteiger partial charge in [0.1, 0.15) is 11.1 Å². The van der Waals surface area contributed by atoms with E-state index in [1.165, 1.54) is 40.9 Å². The Labute approximate surface area is 209 Å². The van der Waals surface area contributed by atoms with Gasteiger partial charge in [0.25, 0.3) is 0 Å². The number of thioether (sulfide) groups is 1. The summed E-state index contributed by atoms with van der Waals surface area (Å²) in [6.45, 7) is 0.377. The minimum absolute atomic E-state index is 0.0607. The fourth-order valence-corrected chi connectivity index (χ4v) is 4.99. The number of hydrogen-bond donors (Lipinski definition) is 1. The van der Waals surface area contributed by atoms with Gasteiger partial charge in [0.15, 0.2) is 16.7 Å². The first-order valence-corrected chi connectivity index (χ1v) is 12.0. The van der Waals surface area contributed by atoms with Gasteiger partial charge < -0.3 is 14.8 Å². The molecule has 2 heterocycles. The maximum absolute atomic E-state index is 13.4. The Hall–Kier alpha value is -3.56. The third-order valence-electron chi connectivity index (χ3n) is 5.37. The predicted molar refractivity (Wildman–Crippen MR) is 133 cm³/mol.